The molecule has 0 unspecified atom stereocenters. The van der Waals surface area contributed by atoms with Gasteiger partial charge in [0.1, 0.15) is 5.82 Å². The summed E-state index contributed by atoms with van der Waals surface area (Å²) in [5.41, 5.74) is 17.5. The van der Waals surface area contributed by atoms with Crippen molar-refractivity contribution < 1.29 is 0 Å². The Hall–Kier alpha value is -2.18. The molecule has 1 aliphatic carbocycles. The molecule has 0 amide bonds. The number of anilines is 1. The van der Waals surface area contributed by atoms with Crippen LogP contribution in [0.25, 0.3) is 5.57 Å². The summed E-state index contributed by atoms with van der Waals surface area (Å²) in [6, 6.07) is 6.36. The van der Waals surface area contributed by atoms with E-state index in [1.807, 2.05) is 19.1 Å². The van der Waals surface area contributed by atoms with Gasteiger partial charge in [0.15, 0.2) is 0 Å². The van der Waals surface area contributed by atoms with Crippen molar-refractivity contribution in [2.75, 3.05) is 11.9 Å². The van der Waals surface area contributed by atoms with Gasteiger partial charge in [0.25, 0.3) is 0 Å². The molecule has 0 aromatic heterocycles. The number of benzene rings is 1. The maximum absolute atomic E-state index is 6.15. The molecule has 1 aromatic carbocycles. The normalized spacial score (nSPS) is 16.7. The van der Waals surface area contributed by atoms with Crippen molar-refractivity contribution >= 4 is 28.9 Å². The van der Waals surface area contributed by atoms with E-state index >= 15 is 0 Å². The van der Waals surface area contributed by atoms with Crippen molar-refractivity contribution in [1.29, 1.82) is 0 Å². The summed E-state index contributed by atoms with van der Waals surface area (Å²) in [7, 11) is 0. The molecule has 1 fully saturated rings. The number of rotatable bonds is 13. The Labute approximate surface area is 211 Å². The van der Waals surface area contributed by atoms with Gasteiger partial charge in [0, 0.05) is 34.7 Å². The van der Waals surface area contributed by atoms with Crippen molar-refractivity contribution in [3.63, 3.8) is 0 Å². The smallest absolute Gasteiger partial charge is 0.100 e. The first-order valence-corrected chi connectivity index (χ1v) is 13.8. The molecule has 0 radical (unpaired) electrons. The largest absolute Gasteiger partial charge is 0.402 e. The number of hydrogen-bond donors (Lipinski definition) is 4. The van der Waals surface area contributed by atoms with Crippen LogP contribution in [0.15, 0.2) is 58.0 Å². The van der Waals surface area contributed by atoms with Crippen molar-refractivity contribution in [3.05, 3.63) is 53.6 Å². The van der Waals surface area contributed by atoms with Crippen LogP contribution in [-0.2, 0) is 0 Å². The second kappa shape index (κ2) is 15.7. The Morgan fingerprint density at radius 3 is 2.56 bits per heavy atom. The zero-order chi connectivity index (χ0) is 24.8. The third kappa shape index (κ3) is 9.59. The lowest BCUT2D eigenvalue weighted by molar-refractivity contribution is 0.434. The van der Waals surface area contributed by atoms with Gasteiger partial charge < -0.3 is 16.8 Å². The minimum absolute atomic E-state index is 0.563. The summed E-state index contributed by atoms with van der Waals surface area (Å²) < 4.78 is 3.39. The highest BCUT2D eigenvalue weighted by Gasteiger charge is 2.18. The van der Waals surface area contributed by atoms with Crippen LogP contribution in [0.3, 0.4) is 0 Å². The molecule has 0 atom stereocenters. The monoisotopic (exact) mass is 483 g/mol. The molecule has 6 N–H and O–H groups in total. The second-order valence-electron chi connectivity index (χ2n) is 9.02. The number of nitrogens with one attached hydrogen (secondary N) is 2. The minimum Gasteiger partial charge on any atom is -0.402 e. The van der Waals surface area contributed by atoms with Gasteiger partial charge in [-0.3, -0.25) is 9.71 Å². The van der Waals surface area contributed by atoms with Crippen LogP contribution in [0.5, 0.6) is 0 Å². The summed E-state index contributed by atoms with van der Waals surface area (Å²) in [5, 5.41) is 3.27. The molecule has 1 aliphatic rings. The molecule has 6 heteroatoms. The van der Waals surface area contributed by atoms with Crippen LogP contribution in [0, 0.1) is 5.92 Å². The lowest BCUT2D eigenvalue weighted by Crippen LogP contribution is -2.17. The van der Waals surface area contributed by atoms with E-state index in [9.17, 15) is 0 Å². The highest BCUT2D eigenvalue weighted by molar-refractivity contribution is 7.97. The van der Waals surface area contributed by atoms with Crippen LogP contribution in [-0.4, -0.2) is 12.3 Å². The molecule has 0 spiro atoms. The van der Waals surface area contributed by atoms with Crippen LogP contribution in [0.4, 0.5) is 5.69 Å². The quantitative estimate of drug-likeness (QED) is 0.134. The van der Waals surface area contributed by atoms with Crippen molar-refractivity contribution in [2.24, 2.45) is 22.4 Å². The molecule has 1 aromatic rings. The van der Waals surface area contributed by atoms with Gasteiger partial charge in [-0.2, -0.15) is 0 Å². The first-order valence-electron chi connectivity index (χ1n) is 12.9. The van der Waals surface area contributed by atoms with Gasteiger partial charge >= 0.3 is 0 Å². The molecule has 1 saturated carbocycles. The zero-order valence-electron chi connectivity index (χ0n) is 21.6. The third-order valence-electron chi connectivity index (χ3n) is 6.19. The molecule has 0 saturated heterocycles. The van der Waals surface area contributed by atoms with E-state index in [0.29, 0.717) is 11.7 Å². The number of aliphatic imine (C=N–C) groups is 1. The number of nitrogens with two attached hydrogens (primary N) is 2. The topological polar surface area (TPSA) is 88.5 Å². The van der Waals surface area contributed by atoms with Gasteiger partial charge in [-0.1, -0.05) is 52.5 Å². The van der Waals surface area contributed by atoms with Crippen LogP contribution in [0.1, 0.15) is 91.0 Å². The van der Waals surface area contributed by atoms with E-state index in [0.717, 1.165) is 35.7 Å². The first-order chi connectivity index (χ1) is 16.5. The Balaban J connectivity index is 2.27. The van der Waals surface area contributed by atoms with E-state index in [1.165, 1.54) is 61.8 Å². The zero-order valence-corrected chi connectivity index (χ0v) is 22.4. The van der Waals surface area contributed by atoms with Crippen molar-refractivity contribution in [3.8, 4) is 0 Å². The fourth-order valence-electron chi connectivity index (χ4n) is 4.10. The molecular weight excluding hydrogens is 438 g/mol. The van der Waals surface area contributed by atoms with E-state index < -0.39 is 0 Å². The number of nitrogens with zero attached hydrogens (tertiary/aromatic N) is 1. The molecule has 2 rings (SSSR count). The number of allylic oxidation sites excluding steroid dienone is 4. The first kappa shape index (κ1) is 28.1. The molecule has 0 heterocycles. The lowest BCUT2D eigenvalue weighted by Gasteiger charge is -2.23. The van der Waals surface area contributed by atoms with Crippen molar-refractivity contribution in [2.45, 2.75) is 90.4 Å². The Bertz CT molecular complexity index is 879. The standard InChI is InChI=1S/C28H45N5S/c1-5-8-14-26(22-12-10-9-11-13-22)31-20-21(4)25-17-16-24(19-27(25)34-32-7-3)33-28(30)18-15-23(29)6-2/h15-20,22,32-33H,5-14,29-30H2,1-4H3/b21-20+,23-15-,28-18+,31-26?. The van der Waals surface area contributed by atoms with E-state index in [1.54, 1.807) is 11.9 Å². The van der Waals surface area contributed by atoms with Gasteiger partial charge in [-0.15, -0.1) is 0 Å². The van der Waals surface area contributed by atoms with Crippen molar-refractivity contribution in [1.82, 2.24) is 4.72 Å². The van der Waals surface area contributed by atoms with Gasteiger partial charge in [-0.25, -0.2) is 0 Å². The highest BCUT2D eigenvalue weighted by Crippen LogP contribution is 2.31. The molecule has 0 aliphatic heterocycles. The molecule has 0 bridgehead atoms. The second-order valence-corrected chi connectivity index (χ2v) is 9.96. The summed E-state index contributed by atoms with van der Waals surface area (Å²) in [5.74, 6) is 1.23. The molecule has 34 heavy (non-hydrogen) atoms. The van der Waals surface area contributed by atoms with E-state index in [2.05, 4.69) is 55.2 Å². The van der Waals surface area contributed by atoms with Gasteiger partial charge in [0.05, 0.1) is 0 Å². The Morgan fingerprint density at radius 2 is 1.88 bits per heavy atom. The van der Waals surface area contributed by atoms with E-state index in [4.69, 9.17) is 16.5 Å². The third-order valence-corrected chi connectivity index (χ3v) is 7.18. The minimum atomic E-state index is 0.563. The van der Waals surface area contributed by atoms with E-state index in [-0.39, 0.29) is 0 Å². The van der Waals surface area contributed by atoms with Crippen LogP contribution < -0.4 is 21.5 Å². The predicted octanol–water partition coefficient (Wildman–Crippen LogP) is 7.34. The maximum atomic E-state index is 6.15. The number of hydrogen-bond acceptors (Lipinski definition) is 6. The maximum Gasteiger partial charge on any atom is 0.100 e. The number of unbranched alkanes of at least 4 members (excludes halogenated alkanes) is 1. The molecular formula is C28H45N5S. The Morgan fingerprint density at radius 1 is 1.12 bits per heavy atom. The van der Waals surface area contributed by atoms with Crippen LogP contribution >= 0.6 is 11.9 Å². The highest BCUT2D eigenvalue weighted by atomic mass is 32.2. The fraction of sp³-hybridized carbons (Fsp3) is 0.536. The molecule has 5 nitrogen and oxygen atoms in total. The summed E-state index contributed by atoms with van der Waals surface area (Å²) in [6.45, 7) is 9.43. The average molecular weight is 484 g/mol. The van der Waals surface area contributed by atoms with Gasteiger partial charge in [0.2, 0.25) is 0 Å². The predicted molar refractivity (Wildman–Crippen MR) is 152 cm³/mol. The van der Waals surface area contributed by atoms with Gasteiger partial charge in [-0.05, 0) is 92.3 Å². The lowest BCUT2D eigenvalue weighted by atomic mass is 9.84. The fourth-order valence-corrected chi connectivity index (χ4v) is 4.93. The molecule has 188 valence electrons. The summed E-state index contributed by atoms with van der Waals surface area (Å²) in [6.07, 6.45) is 16.8. The summed E-state index contributed by atoms with van der Waals surface area (Å²) in [4.78, 5) is 6.22. The SMILES string of the molecule is CCCCC(=N/C=C(\C)c1ccc(N/C(N)=C/C=C(\N)CC)cc1SNCC)C1CCCCC1. The Kier molecular flexibility index (Phi) is 12.9. The van der Waals surface area contributed by atoms with Crippen LogP contribution in [0.2, 0.25) is 0 Å². The average Bonchev–Trinajstić information content (AvgIpc) is 2.86. The summed E-state index contributed by atoms with van der Waals surface area (Å²) >= 11 is 1.64.